The highest BCUT2D eigenvalue weighted by atomic mass is 32.1. The van der Waals surface area contributed by atoms with Crippen molar-refractivity contribution in [3.05, 3.63) is 94.2 Å². The maximum absolute atomic E-state index is 14.0. The van der Waals surface area contributed by atoms with Gasteiger partial charge in [0.15, 0.2) is 0 Å². The Morgan fingerprint density at radius 1 is 0.727 bits per heavy atom. The van der Waals surface area contributed by atoms with Crippen LogP contribution < -0.4 is 0 Å². The molecule has 0 fully saturated rings. The molecular formula is C23H17F6N3S. The highest BCUT2D eigenvalue weighted by Gasteiger charge is 2.74. The fourth-order valence-electron chi connectivity index (χ4n) is 3.47. The summed E-state index contributed by atoms with van der Waals surface area (Å²) in [7, 11) is 0. The molecule has 3 nitrogen and oxygen atoms in total. The minimum atomic E-state index is -5.79. The third-order valence-corrected chi connectivity index (χ3v) is 5.94. The molecule has 0 N–H and O–H groups in total. The standard InChI is InChI=1S/C23H17F6N3S/c24-22(25,26)21(23(27,28)29)30-19(17-10-5-2-6-11-17)32(14-13-16-8-3-1-4-9-16)20(31-21)18-12-7-15-33-18/h1-12,15H,13-14H2. The first-order valence-corrected chi connectivity index (χ1v) is 10.7. The smallest absolute Gasteiger partial charge is 0.309 e. The molecule has 172 valence electrons. The molecule has 2 heterocycles. The van der Waals surface area contributed by atoms with Gasteiger partial charge in [0.2, 0.25) is 0 Å². The lowest BCUT2D eigenvalue weighted by Crippen LogP contribution is -2.59. The molecule has 0 saturated carbocycles. The van der Waals surface area contributed by atoms with Crippen LogP contribution in [0.15, 0.2) is 88.2 Å². The van der Waals surface area contributed by atoms with Gasteiger partial charge < -0.3 is 4.90 Å². The molecule has 1 aromatic heterocycles. The minimum absolute atomic E-state index is 0.0836. The molecule has 33 heavy (non-hydrogen) atoms. The van der Waals surface area contributed by atoms with E-state index in [2.05, 4.69) is 9.98 Å². The molecule has 10 heteroatoms. The van der Waals surface area contributed by atoms with E-state index in [4.69, 9.17) is 0 Å². The molecule has 3 aromatic rings. The average Bonchev–Trinajstić information content (AvgIpc) is 3.32. The van der Waals surface area contributed by atoms with Crippen molar-refractivity contribution in [3.63, 3.8) is 0 Å². The van der Waals surface area contributed by atoms with Crippen LogP contribution in [0.3, 0.4) is 0 Å². The van der Waals surface area contributed by atoms with Gasteiger partial charge in [0.05, 0.1) is 4.88 Å². The van der Waals surface area contributed by atoms with Gasteiger partial charge in [-0.2, -0.15) is 26.3 Å². The zero-order valence-electron chi connectivity index (χ0n) is 16.9. The maximum Gasteiger partial charge on any atom is 0.443 e. The lowest BCUT2D eigenvalue weighted by molar-refractivity contribution is -0.292. The second-order valence-corrected chi connectivity index (χ2v) is 8.22. The van der Waals surface area contributed by atoms with E-state index in [1.165, 1.54) is 35.2 Å². The number of benzene rings is 2. The summed E-state index contributed by atoms with van der Waals surface area (Å²) in [4.78, 5) is 8.09. The van der Waals surface area contributed by atoms with Crippen molar-refractivity contribution in [2.45, 2.75) is 24.4 Å². The van der Waals surface area contributed by atoms with E-state index in [0.717, 1.165) is 16.9 Å². The summed E-state index contributed by atoms with van der Waals surface area (Å²) in [6.07, 6.45) is -11.2. The summed E-state index contributed by atoms with van der Waals surface area (Å²) in [6.45, 7) is 0.0836. The predicted octanol–water partition coefficient (Wildman–Crippen LogP) is 6.32. The zero-order valence-corrected chi connectivity index (χ0v) is 17.8. The van der Waals surface area contributed by atoms with Gasteiger partial charge in [0, 0.05) is 12.1 Å². The Labute approximate surface area is 189 Å². The number of halogens is 6. The third-order valence-electron chi connectivity index (χ3n) is 5.08. The first-order chi connectivity index (χ1) is 15.6. The monoisotopic (exact) mass is 481 g/mol. The highest BCUT2D eigenvalue weighted by Crippen LogP contribution is 2.49. The second-order valence-electron chi connectivity index (χ2n) is 7.27. The first kappa shape index (κ1) is 23.0. The van der Waals surface area contributed by atoms with E-state index in [1.807, 2.05) is 30.3 Å². The Kier molecular flexibility index (Phi) is 6.04. The molecule has 0 amide bonds. The van der Waals surface area contributed by atoms with E-state index >= 15 is 0 Å². The van der Waals surface area contributed by atoms with Gasteiger partial charge in [-0.15, -0.1) is 11.3 Å². The average molecular weight is 481 g/mol. The topological polar surface area (TPSA) is 28.0 Å². The SMILES string of the molecule is FC(F)(F)C1(C(F)(F)F)N=C(c2ccccc2)N(CCc2ccccc2)C(c2cccs2)=N1. The van der Waals surface area contributed by atoms with Gasteiger partial charge in [-0.25, -0.2) is 9.98 Å². The fourth-order valence-corrected chi connectivity index (χ4v) is 4.19. The van der Waals surface area contributed by atoms with Gasteiger partial charge in [-0.3, -0.25) is 0 Å². The van der Waals surface area contributed by atoms with Crippen molar-refractivity contribution < 1.29 is 26.3 Å². The lowest BCUT2D eigenvalue weighted by Gasteiger charge is -2.39. The Bertz CT molecular complexity index is 1120. The van der Waals surface area contributed by atoms with Crippen LogP contribution in [0.1, 0.15) is 16.0 Å². The van der Waals surface area contributed by atoms with E-state index in [-0.39, 0.29) is 17.0 Å². The van der Waals surface area contributed by atoms with Crippen molar-refractivity contribution in [3.8, 4) is 0 Å². The molecule has 0 aliphatic carbocycles. The first-order valence-electron chi connectivity index (χ1n) is 9.86. The Hall–Kier alpha value is -3.14. The summed E-state index contributed by atoms with van der Waals surface area (Å²) < 4.78 is 84.2. The van der Waals surface area contributed by atoms with Gasteiger partial charge in [-0.05, 0) is 23.4 Å². The predicted molar refractivity (Wildman–Crippen MR) is 116 cm³/mol. The van der Waals surface area contributed by atoms with Crippen LogP contribution in [0.25, 0.3) is 0 Å². The van der Waals surface area contributed by atoms with E-state index < -0.39 is 29.7 Å². The number of hydrogen-bond donors (Lipinski definition) is 0. The van der Waals surface area contributed by atoms with Crippen molar-refractivity contribution in [1.29, 1.82) is 0 Å². The number of hydrogen-bond acceptors (Lipinski definition) is 4. The normalized spacial score (nSPS) is 16.4. The lowest BCUT2D eigenvalue weighted by atomic mass is 10.1. The summed E-state index contributed by atoms with van der Waals surface area (Å²) >= 11 is 1.01. The Morgan fingerprint density at radius 2 is 1.30 bits per heavy atom. The van der Waals surface area contributed by atoms with E-state index in [0.29, 0.717) is 6.42 Å². The van der Waals surface area contributed by atoms with Crippen LogP contribution in [0.2, 0.25) is 0 Å². The number of alkyl halides is 6. The number of rotatable bonds is 5. The van der Waals surface area contributed by atoms with E-state index in [1.54, 1.807) is 17.5 Å². The molecule has 0 saturated heterocycles. The van der Waals surface area contributed by atoms with Gasteiger partial charge >= 0.3 is 18.0 Å². The summed E-state index contributed by atoms with van der Waals surface area (Å²) in [5.41, 5.74) is -3.60. The molecule has 0 unspecified atom stereocenters. The number of nitrogens with zero attached hydrogens (tertiary/aromatic N) is 3. The molecule has 1 aliphatic heterocycles. The second kappa shape index (κ2) is 8.66. The third kappa shape index (κ3) is 4.39. The fraction of sp³-hybridized carbons (Fsp3) is 0.217. The van der Waals surface area contributed by atoms with Gasteiger partial charge in [0.1, 0.15) is 11.7 Å². The maximum atomic E-state index is 14.0. The zero-order chi connectivity index (χ0) is 23.7. The Morgan fingerprint density at radius 3 is 1.85 bits per heavy atom. The summed E-state index contributed by atoms with van der Waals surface area (Å²) in [5, 5.41) is 1.57. The van der Waals surface area contributed by atoms with Crippen LogP contribution >= 0.6 is 11.3 Å². The van der Waals surface area contributed by atoms with Crippen molar-refractivity contribution in [2.75, 3.05) is 6.54 Å². The number of amidine groups is 2. The van der Waals surface area contributed by atoms with Crippen molar-refractivity contribution in [1.82, 2.24) is 4.90 Å². The van der Waals surface area contributed by atoms with Crippen LogP contribution in [0.5, 0.6) is 0 Å². The quantitative estimate of drug-likeness (QED) is 0.392. The highest BCUT2D eigenvalue weighted by molar-refractivity contribution is 7.12. The van der Waals surface area contributed by atoms with Crippen LogP contribution in [-0.2, 0) is 6.42 Å². The van der Waals surface area contributed by atoms with Crippen LogP contribution in [-0.4, -0.2) is 41.1 Å². The van der Waals surface area contributed by atoms with Crippen molar-refractivity contribution >= 4 is 23.0 Å². The summed E-state index contributed by atoms with van der Waals surface area (Å²) in [6, 6.07) is 19.7. The van der Waals surface area contributed by atoms with Crippen LogP contribution in [0.4, 0.5) is 26.3 Å². The minimum Gasteiger partial charge on any atom is -0.309 e. The molecule has 2 aromatic carbocycles. The summed E-state index contributed by atoms with van der Waals surface area (Å²) in [5.74, 6) is -0.844. The van der Waals surface area contributed by atoms with Crippen molar-refractivity contribution in [2.24, 2.45) is 9.98 Å². The molecule has 0 atom stereocenters. The molecule has 0 bridgehead atoms. The molecular weight excluding hydrogens is 464 g/mol. The van der Waals surface area contributed by atoms with Crippen LogP contribution in [0, 0.1) is 0 Å². The largest absolute Gasteiger partial charge is 0.443 e. The molecule has 1 aliphatic rings. The molecule has 0 spiro atoms. The van der Waals surface area contributed by atoms with Gasteiger partial charge in [-0.1, -0.05) is 66.7 Å². The number of thiophene rings is 1. The molecule has 4 rings (SSSR count). The Balaban J connectivity index is 1.92. The van der Waals surface area contributed by atoms with E-state index in [9.17, 15) is 26.3 Å². The molecule has 0 radical (unpaired) electrons. The number of aliphatic imine (C=N–C) groups is 2. The van der Waals surface area contributed by atoms with Gasteiger partial charge in [0.25, 0.3) is 0 Å².